The highest BCUT2D eigenvalue weighted by atomic mass is 35.5. The molecular weight excluding hydrogens is 273 g/mol. The molecule has 100 valence electrons. The quantitative estimate of drug-likeness (QED) is 0.885. The Kier molecular flexibility index (Phi) is 5.88. The number of anilines is 1. The first-order valence-electron chi connectivity index (χ1n) is 5.62. The van der Waals surface area contributed by atoms with Gasteiger partial charge in [0.25, 0.3) is 0 Å². The van der Waals surface area contributed by atoms with Crippen molar-refractivity contribution >= 4 is 35.6 Å². The van der Waals surface area contributed by atoms with Crippen molar-refractivity contribution in [1.82, 2.24) is 10.2 Å². The van der Waals surface area contributed by atoms with Gasteiger partial charge < -0.3 is 10.6 Å². The summed E-state index contributed by atoms with van der Waals surface area (Å²) in [6.45, 7) is 2.29. The topological polar surface area (TPSA) is 44.4 Å². The van der Waals surface area contributed by atoms with Gasteiger partial charge in [0.2, 0.25) is 5.91 Å². The number of likely N-dealkylation sites (N-methyl/N-ethyl adjacent to an activating group) is 1. The van der Waals surface area contributed by atoms with E-state index in [1.165, 1.54) is 0 Å². The molecule has 0 saturated carbocycles. The second-order valence-corrected chi connectivity index (χ2v) is 4.66. The number of amides is 1. The summed E-state index contributed by atoms with van der Waals surface area (Å²) in [5.74, 6) is -0.0347. The summed E-state index contributed by atoms with van der Waals surface area (Å²) >= 11 is 5.97. The van der Waals surface area contributed by atoms with Crippen LogP contribution in [0.3, 0.4) is 0 Å². The molecule has 0 atom stereocenters. The summed E-state index contributed by atoms with van der Waals surface area (Å²) in [5.41, 5.74) is 0.666. The second kappa shape index (κ2) is 6.95. The van der Waals surface area contributed by atoms with Gasteiger partial charge in [0.1, 0.15) is 0 Å². The molecule has 0 radical (unpaired) electrons. The molecule has 1 aliphatic rings. The Morgan fingerprint density at radius 2 is 2.17 bits per heavy atom. The van der Waals surface area contributed by atoms with E-state index in [2.05, 4.69) is 10.6 Å². The van der Waals surface area contributed by atoms with Gasteiger partial charge in [0.15, 0.2) is 0 Å². The van der Waals surface area contributed by atoms with Crippen LogP contribution in [-0.4, -0.2) is 43.5 Å². The SMILES string of the molecule is CN(CC(=O)Nc1ccccc1Cl)C1CNC1.Cl. The summed E-state index contributed by atoms with van der Waals surface area (Å²) in [4.78, 5) is 13.8. The van der Waals surface area contributed by atoms with Crippen molar-refractivity contribution in [3.05, 3.63) is 29.3 Å². The predicted octanol–water partition coefficient (Wildman–Crippen LogP) is 1.60. The Labute approximate surface area is 118 Å². The van der Waals surface area contributed by atoms with Gasteiger partial charge in [-0.25, -0.2) is 0 Å². The number of carbonyl (C=O) groups excluding carboxylic acids is 1. The Balaban J connectivity index is 0.00000162. The molecule has 1 amide bonds. The molecule has 2 N–H and O–H groups in total. The van der Waals surface area contributed by atoms with E-state index in [4.69, 9.17) is 11.6 Å². The molecular formula is C12H17Cl2N3O. The maximum atomic E-state index is 11.8. The zero-order chi connectivity index (χ0) is 12.3. The highest BCUT2D eigenvalue weighted by Gasteiger charge is 2.22. The number of nitrogens with zero attached hydrogens (tertiary/aromatic N) is 1. The third kappa shape index (κ3) is 3.85. The minimum absolute atomic E-state index is 0. The lowest BCUT2D eigenvalue weighted by atomic mass is 10.1. The number of hydrogen-bond donors (Lipinski definition) is 2. The monoisotopic (exact) mass is 289 g/mol. The smallest absolute Gasteiger partial charge is 0.238 e. The Morgan fingerprint density at radius 3 is 2.72 bits per heavy atom. The molecule has 1 saturated heterocycles. The zero-order valence-corrected chi connectivity index (χ0v) is 11.7. The number of carbonyl (C=O) groups is 1. The average molecular weight is 290 g/mol. The molecule has 0 unspecified atom stereocenters. The molecule has 1 aliphatic heterocycles. The van der Waals surface area contributed by atoms with Crippen LogP contribution in [0.1, 0.15) is 0 Å². The summed E-state index contributed by atoms with van der Waals surface area (Å²) in [6.07, 6.45) is 0. The lowest BCUT2D eigenvalue weighted by Gasteiger charge is -2.35. The molecule has 18 heavy (non-hydrogen) atoms. The Bertz CT molecular complexity index is 410. The fraction of sp³-hybridized carbons (Fsp3) is 0.417. The molecule has 0 spiro atoms. The molecule has 6 heteroatoms. The minimum Gasteiger partial charge on any atom is -0.324 e. The first-order valence-corrected chi connectivity index (χ1v) is 6.00. The van der Waals surface area contributed by atoms with Gasteiger partial charge in [-0.1, -0.05) is 23.7 Å². The average Bonchev–Trinajstić information content (AvgIpc) is 2.18. The van der Waals surface area contributed by atoms with Crippen LogP contribution in [0.25, 0.3) is 0 Å². The molecule has 0 aromatic heterocycles. The molecule has 1 aromatic rings. The van der Waals surface area contributed by atoms with Crippen LogP contribution in [0.2, 0.25) is 5.02 Å². The Hall–Kier alpha value is -0.810. The lowest BCUT2D eigenvalue weighted by molar-refractivity contribution is -0.117. The summed E-state index contributed by atoms with van der Waals surface area (Å²) < 4.78 is 0. The van der Waals surface area contributed by atoms with E-state index in [0.717, 1.165) is 13.1 Å². The van der Waals surface area contributed by atoms with Crippen molar-refractivity contribution in [3.8, 4) is 0 Å². The van der Waals surface area contributed by atoms with Crippen LogP contribution < -0.4 is 10.6 Å². The van der Waals surface area contributed by atoms with Crippen LogP contribution in [0, 0.1) is 0 Å². The van der Waals surface area contributed by atoms with Crippen LogP contribution in [0.15, 0.2) is 24.3 Å². The number of para-hydroxylation sites is 1. The summed E-state index contributed by atoms with van der Waals surface area (Å²) in [6, 6.07) is 7.71. The van der Waals surface area contributed by atoms with Crippen LogP contribution >= 0.6 is 24.0 Å². The minimum atomic E-state index is -0.0347. The van der Waals surface area contributed by atoms with Gasteiger partial charge in [-0.3, -0.25) is 9.69 Å². The lowest BCUT2D eigenvalue weighted by Crippen LogP contribution is -2.57. The van der Waals surface area contributed by atoms with E-state index < -0.39 is 0 Å². The van der Waals surface area contributed by atoms with Gasteiger partial charge in [0.05, 0.1) is 17.3 Å². The van der Waals surface area contributed by atoms with E-state index in [9.17, 15) is 4.79 Å². The van der Waals surface area contributed by atoms with Crippen LogP contribution in [-0.2, 0) is 4.79 Å². The molecule has 2 rings (SSSR count). The van der Waals surface area contributed by atoms with Crippen LogP contribution in [0.4, 0.5) is 5.69 Å². The molecule has 1 fully saturated rings. The zero-order valence-electron chi connectivity index (χ0n) is 10.1. The molecule has 0 aliphatic carbocycles. The number of halogens is 2. The van der Waals surface area contributed by atoms with E-state index >= 15 is 0 Å². The van der Waals surface area contributed by atoms with Crippen molar-refractivity contribution in [1.29, 1.82) is 0 Å². The van der Waals surface area contributed by atoms with Gasteiger partial charge in [-0.15, -0.1) is 12.4 Å². The number of hydrogen-bond acceptors (Lipinski definition) is 3. The highest BCUT2D eigenvalue weighted by Crippen LogP contribution is 2.20. The van der Waals surface area contributed by atoms with Crippen molar-refractivity contribution in [2.45, 2.75) is 6.04 Å². The highest BCUT2D eigenvalue weighted by molar-refractivity contribution is 6.33. The first-order chi connectivity index (χ1) is 8.16. The van der Waals surface area contributed by atoms with E-state index in [-0.39, 0.29) is 18.3 Å². The van der Waals surface area contributed by atoms with Gasteiger partial charge in [-0.2, -0.15) is 0 Å². The molecule has 4 nitrogen and oxygen atoms in total. The van der Waals surface area contributed by atoms with Crippen molar-refractivity contribution in [2.24, 2.45) is 0 Å². The summed E-state index contributed by atoms with van der Waals surface area (Å²) in [7, 11) is 1.96. The standard InChI is InChI=1S/C12H16ClN3O.ClH/c1-16(9-6-14-7-9)8-12(17)15-11-5-3-2-4-10(11)13;/h2-5,9,14H,6-8H2,1H3,(H,15,17);1H. The molecule has 0 bridgehead atoms. The van der Waals surface area contributed by atoms with Crippen molar-refractivity contribution in [3.63, 3.8) is 0 Å². The van der Waals surface area contributed by atoms with E-state index in [1.54, 1.807) is 12.1 Å². The number of nitrogens with one attached hydrogen (secondary N) is 2. The normalized spacial score (nSPS) is 14.8. The summed E-state index contributed by atoms with van der Waals surface area (Å²) in [5, 5.41) is 6.55. The predicted molar refractivity (Wildman–Crippen MR) is 76.6 cm³/mol. The van der Waals surface area contributed by atoms with Crippen molar-refractivity contribution in [2.75, 3.05) is 32.0 Å². The van der Waals surface area contributed by atoms with E-state index in [1.807, 2.05) is 24.1 Å². The van der Waals surface area contributed by atoms with Gasteiger partial charge in [-0.05, 0) is 19.2 Å². The maximum Gasteiger partial charge on any atom is 0.238 e. The van der Waals surface area contributed by atoms with Crippen LogP contribution in [0.5, 0.6) is 0 Å². The number of rotatable bonds is 4. The third-order valence-electron chi connectivity index (χ3n) is 2.92. The fourth-order valence-corrected chi connectivity index (χ4v) is 1.88. The van der Waals surface area contributed by atoms with Crippen molar-refractivity contribution < 1.29 is 4.79 Å². The molecule has 1 aromatic carbocycles. The Morgan fingerprint density at radius 1 is 1.50 bits per heavy atom. The van der Waals surface area contributed by atoms with E-state index in [0.29, 0.717) is 23.3 Å². The number of benzene rings is 1. The van der Waals surface area contributed by atoms with Gasteiger partial charge >= 0.3 is 0 Å². The first kappa shape index (κ1) is 15.2. The maximum absolute atomic E-state index is 11.8. The largest absolute Gasteiger partial charge is 0.324 e. The third-order valence-corrected chi connectivity index (χ3v) is 3.25. The second-order valence-electron chi connectivity index (χ2n) is 4.26. The van der Waals surface area contributed by atoms with Gasteiger partial charge in [0, 0.05) is 19.1 Å². The molecule has 1 heterocycles. The fourth-order valence-electron chi connectivity index (χ4n) is 1.69.